The summed E-state index contributed by atoms with van der Waals surface area (Å²) in [6.45, 7) is 2.99. The van der Waals surface area contributed by atoms with Gasteiger partial charge in [-0.2, -0.15) is 0 Å². The molecule has 0 amide bonds. The fraction of sp³-hybridized carbons (Fsp3) is 0.368. The summed E-state index contributed by atoms with van der Waals surface area (Å²) in [4.78, 5) is 2.20. The molecule has 1 heterocycles. The predicted octanol–water partition coefficient (Wildman–Crippen LogP) is 3.31. The lowest BCUT2D eigenvalue weighted by atomic mass is 10.1. The van der Waals surface area contributed by atoms with Crippen LogP contribution in [0.3, 0.4) is 0 Å². The van der Waals surface area contributed by atoms with Crippen molar-refractivity contribution in [3.8, 4) is 11.5 Å². The van der Waals surface area contributed by atoms with Gasteiger partial charge >= 0.3 is 0 Å². The number of nitrogens with zero attached hydrogens (tertiary/aromatic N) is 1. The first-order valence-electron chi connectivity index (χ1n) is 8.03. The Morgan fingerprint density at radius 1 is 1.17 bits per heavy atom. The molecule has 122 valence electrons. The van der Waals surface area contributed by atoms with Crippen molar-refractivity contribution >= 4 is 0 Å². The number of ether oxygens (including phenoxy) is 2. The minimum Gasteiger partial charge on any atom is -0.493 e. The van der Waals surface area contributed by atoms with Gasteiger partial charge in [-0.25, -0.2) is 4.39 Å². The number of fused-ring (bicyclic) bond motifs is 1. The van der Waals surface area contributed by atoms with Gasteiger partial charge in [0.2, 0.25) is 0 Å². The molecule has 0 N–H and O–H groups in total. The number of halogens is 1. The lowest BCUT2D eigenvalue weighted by Gasteiger charge is -2.17. The topological polar surface area (TPSA) is 21.7 Å². The highest BCUT2D eigenvalue weighted by molar-refractivity contribution is 5.39. The molecule has 2 aromatic rings. The molecule has 0 unspecified atom stereocenters. The fourth-order valence-electron chi connectivity index (χ4n) is 2.70. The van der Waals surface area contributed by atoms with Gasteiger partial charge in [-0.15, -0.1) is 0 Å². The smallest absolute Gasteiger partial charge is 0.165 e. The number of para-hydroxylation sites is 1. The standard InChI is InChI=1S/C19H22FNO2/c1-21(11-13-23-19-5-3-2-4-17(19)20)10-8-15-6-7-18-16(14-15)9-12-22-18/h2-7,14H,8-13H2,1H3. The molecule has 1 aliphatic rings. The zero-order valence-electron chi connectivity index (χ0n) is 13.4. The average Bonchev–Trinajstić information content (AvgIpc) is 3.02. The van der Waals surface area contributed by atoms with Gasteiger partial charge in [0.15, 0.2) is 11.6 Å². The summed E-state index contributed by atoms with van der Waals surface area (Å²) in [5.74, 6) is 1.04. The lowest BCUT2D eigenvalue weighted by molar-refractivity contribution is 0.232. The van der Waals surface area contributed by atoms with E-state index >= 15 is 0 Å². The van der Waals surface area contributed by atoms with Gasteiger partial charge in [-0.05, 0) is 42.8 Å². The SMILES string of the molecule is CN(CCOc1ccccc1F)CCc1ccc2c(c1)CCO2. The fourth-order valence-corrected chi connectivity index (χ4v) is 2.70. The van der Waals surface area contributed by atoms with Gasteiger partial charge in [0.25, 0.3) is 0 Å². The van der Waals surface area contributed by atoms with Crippen LogP contribution in [0, 0.1) is 5.82 Å². The molecule has 2 aromatic carbocycles. The van der Waals surface area contributed by atoms with E-state index in [1.54, 1.807) is 18.2 Å². The number of likely N-dealkylation sites (N-methyl/N-ethyl adjacent to an activating group) is 1. The van der Waals surface area contributed by atoms with Crippen molar-refractivity contribution in [1.29, 1.82) is 0 Å². The minimum atomic E-state index is -0.310. The van der Waals surface area contributed by atoms with Gasteiger partial charge < -0.3 is 14.4 Å². The van der Waals surface area contributed by atoms with Gasteiger partial charge in [0.1, 0.15) is 12.4 Å². The van der Waals surface area contributed by atoms with Gasteiger partial charge in [0.05, 0.1) is 6.61 Å². The molecule has 1 aliphatic heterocycles. The van der Waals surface area contributed by atoms with Crippen LogP contribution in [-0.4, -0.2) is 38.3 Å². The van der Waals surface area contributed by atoms with Crippen molar-refractivity contribution in [3.05, 3.63) is 59.4 Å². The Morgan fingerprint density at radius 2 is 2.04 bits per heavy atom. The molecule has 0 bridgehead atoms. The third-order valence-electron chi connectivity index (χ3n) is 4.10. The summed E-state index contributed by atoms with van der Waals surface area (Å²) < 4.78 is 24.5. The lowest BCUT2D eigenvalue weighted by Crippen LogP contribution is -2.26. The molecule has 3 nitrogen and oxygen atoms in total. The molecule has 0 saturated heterocycles. The van der Waals surface area contributed by atoms with Gasteiger partial charge in [0, 0.05) is 19.5 Å². The Hall–Kier alpha value is -2.07. The van der Waals surface area contributed by atoms with Gasteiger partial charge in [-0.1, -0.05) is 24.3 Å². The molecular formula is C19H22FNO2. The number of rotatable bonds is 7. The van der Waals surface area contributed by atoms with E-state index in [4.69, 9.17) is 9.47 Å². The van der Waals surface area contributed by atoms with E-state index in [1.807, 2.05) is 0 Å². The van der Waals surface area contributed by atoms with Crippen molar-refractivity contribution in [1.82, 2.24) is 4.90 Å². The van der Waals surface area contributed by atoms with Crippen LogP contribution in [0.4, 0.5) is 4.39 Å². The van der Waals surface area contributed by atoms with Gasteiger partial charge in [-0.3, -0.25) is 0 Å². The van der Waals surface area contributed by atoms with Crippen molar-refractivity contribution in [2.24, 2.45) is 0 Å². The van der Waals surface area contributed by atoms with E-state index in [1.165, 1.54) is 17.2 Å². The first-order chi connectivity index (χ1) is 11.2. The zero-order valence-corrected chi connectivity index (χ0v) is 13.4. The van der Waals surface area contributed by atoms with Crippen molar-refractivity contribution in [2.75, 3.05) is 33.4 Å². The molecule has 0 atom stereocenters. The molecule has 0 aromatic heterocycles. The summed E-state index contributed by atoms with van der Waals surface area (Å²) in [6.07, 6.45) is 2.00. The first-order valence-corrected chi connectivity index (χ1v) is 8.03. The maximum Gasteiger partial charge on any atom is 0.165 e. The van der Waals surface area contributed by atoms with Crippen LogP contribution in [0.1, 0.15) is 11.1 Å². The molecule has 3 rings (SSSR count). The Balaban J connectivity index is 1.41. The van der Waals surface area contributed by atoms with E-state index in [0.717, 1.165) is 38.3 Å². The molecule has 4 heteroatoms. The van der Waals surface area contributed by atoms with Crippen molar-refractivity contribution < 1.29 is 13.9 Å². The van der Waals surface area contributed by atoms with E-state index in [0.29, 0.717) is 12.4 Å². The van der Waals surface area contributed by atoms with Crippen molar-refractivity contribution in [2.45, 2.75) is 12.8 Å². The predicted molar refractivity (Wildman–Crippen MR) is 88.7 cm³/mol. The Kier molecular flexibility index (Phi) is 5.13. The summed E-state index contributed by atoms with van der Waals surface area (Å²) in [5.41, 5.74) is 2.64. The Morgan fingerprint density at radius 3 is 2.91 bits per heavy atom. The summed E-state index contributed by atoms with van der Waals surface area (Å²) >= 11 is 0. The molecule has 0 fully saturated rings. The maximum absolute atomic E-state index is 13.4. The Bertz CT molecular complexity index is 660. The quantitative estimate of drug-likeness (QED) is 0.782. The van der Waals surface area contributed by atoms with E-state index in [-0.39, 0.29) is 5.82 Å². The summed E-state index contributed by atoms with van der Waals surface area (Å²) in [5, 5.41) is 0. The van der Waals surface area contributed by atoms with Crippen LogP contribution in [0.2, 0.25) is 0 Å². The molecule has 23 heavy (non-hydrogen) atoms. The molecule has 0 aliphatic carbocycles. The Labute approximate surface area is 136 Å². The third-order valence-corrected chi connectivity index (χ3v) is 4.10. The van der Waals surface area contributed by atoms with E-state index in [9.17, 15) is 4.39 Å². The maximum atomic E-state index is 13.4. The average molecular weight is 315 g/mol. The second-order valence-corrected chi connectivity index (χ2v) is 5.87. The summed E-state index contributed by atoms with van der Waals surface area (Å²) in [7, 11) is 2.06. The van der Waals surface area contributed by atoms with Crippen LogP contribution in [-0.2, 0) is 12.8 Å². The normalized spacial score (nSPS) is 13.0. The molecular weight excluding hydrogens is 293 g/mol. The molecule has 0 radical (unpaired) electrons. The van der Waals surface area contributed by atoms with Crippen LogP contribution < -0.4 is 9.47 Å². The zero-order chi connectivity index (χ0) is 16.1. The third kappa shape index (κ3) is 4.23. The minimum absolute atomic E-state index is 0.310. The van der Waals surface area contributed by atoms with Crippen LogP contribution in [0.25, 0.3) is 0 Å². The highest BCUT2D eigenvalue weighted by Crippen LogP contribution is 2.26. The largest absolute Gasteiger partial charge is 0.493 e. The summed E-state index contributed by atoms with van der Waals surface area (Å²) in [6, 6.07) is 13.0. The van der Waals surface area contributed by atoms with Crippen LogP contribution >= 0.6 is 0 Å². The van der Waals surface area contributed by atoms with Crippen LogP contribution in [0.15, 0.2) is 42.5 Å². The number of benzene rings is 2. The molecule has 0 spiro atoms. The molecule has 0 saturated carbocycles. The highest BCUT2D eigenvalue weighted by atomic mass is 19.1. The number of hydrogen-bond acceptors (Lipinski definition) is 3. The second-order valence-electron chi connectivity index (χ2n) is 5.87. The highest BCUT2D eigenvalue weighted by Gasteiger charge is 2.12. The monoisotopic (exact) mass is 315 g/mol. The van der Waals surface area contributed by atoms with Crippen LogP contribution in [0.5, 0.6) is 11.5 Å². The van der Waals surface area contributed by atoms with E-state index < -0.39 is 0 Å². The number of hydrogen-bond donors (Lipinski definition) is 0. The van der Waals surface area contributed by atoms with Crippen molar-refractivity contribution in [3.63, 3.8) is 0 Å². The van der Waals surface area contributed by atoms with E-state index in [2.05, 4.69) is 30.1 Å². The second kappa shape index (κ2) is 7.47. The first kappa shape index (κ1) is 15.8.